The van der Waals surface area contributed by atoms with Gasteiger partial charge in [-0.1, -0.05) is 37.6 Å². The Morgan fingerprint density at radius 3 is 2.41 bits per heavy atom. The van der Waals surface area contributed by atoms with Crippen molar-refractivity contribution in [2.45, 2.75) is 32.7 Å². The molecule has 1 aliphatic rings. The van der Waals surface area contributed by atoms with E-state index in [1.165, 1.54) is 31.3 Å². The molecule has 0 radical (unpaired) electrons. The van der Waals surface area contributed by atoms with Crippen LogP contribution < -0.4 is 9.47 Å². The summed E-state index contributed by atoms with van der Waals surface area (Å²) in [4.78, 5) is 21.3. The summed E-state index contributed by atoms with van der Waals surface area (Å²) >= 11 is 0. The number of para-hydroxylation sites is 1. The number of amides is 1. The van der Waals surface area contributed by atoms with Crippen molar-refractivity contribution >= 4 is 5.91 Å². The number of aryl methyl sites for hydroxylation is 1. The van der Waals surface area contributed by atoms with Gasteiger partial charge in [0.15, 0.2) is 23.1 Å². The molecule has 39 heavy (non-hydrogen) atoms. The Labute approximate surface area is 226 Å². The molecule has 8 nitrogen and oxygen atoms in total. The zero-order valence-electron chi connectivity index (χ0n) is 22.3. The monoisotopic (exact) mass is 541 g/mol. The first-order valence-corrected chi connectivity index (χ1v) is 12.9. The van der Waals surface area contributed by atoms with Gasteiger partial charge < -0.3 is 24.6 Å². The molecule has 1 saturated heterocycles. The fourth-order valence-corrected chi connectivity index (χ4v) is 4.87. The van der Waals surface area contributed by atoms with E-state index in [2.05, 4.69) is 4.98 Å². The van der Waals surface area contributed by atoms with Gasteiger partial charge in [-0.05, 0) is 25.0 Å². The number of halogens is 2. The van der Waals surface area contributed by atoms with Crippen LogP contribution in [-0.2, 0) is 13.0 Å². The van der Waals surface area contributed by atoms with Crippen molar-refractivity contribution < 1.29 is 33.3 Å². The number of ether oxygens (including phenoxy) is 2. The Bertz CT molecular complexity index is 1340. The lowest BCUT2D eigenvalue weighted by atomic mass is 9.95. The molecule has 0 atom stereocenters. The van der Waals surface area contributed by atoms with Crippen LogP contribution in [0.5, 0.6) is 23.1 Å². The first kappa shape index (κ1) is 28.1. The minimum Gasteiger partial charge on any atom is -0.506 e. The number of benzene rings is 2. The number of methoxy groups -OCH3 is 2. The third-order valence-corrected chi connectivity index (χ3v) is 6.96. The second kappa shape index (κ2) is 12.3. The maximum absolute atomic E-state index is 14.1. The standard InChI is InChI=1S/C29H33F2N3O5/c1-4-5-11-21-23(19-9-7-12-22(38-2)27(19)39-3)26(35)24(28(36)32-21)29(37)34-15-13-33(14-16-34)17-18-8-6-10-20(30)25(18)31/h6-10,12H,4-5,11,13-17H2,1-3H3,(H2,32,35,36). The third-order valence-electron chi connectivity index (χ3n) is 6.96. The number of unbranched alkanes of at least 4 members (excludes halogenated alkanes) is 1. The first-order chi connectivity index (χ1) is 18.8. The van der Waals surface area contributed by atoms with Gasteiger partial charge in [0.1, 0.15) is 11.3 Å². The minimum absolute atomic E-state index is 0.204. The Kier molecular flexibility index (Phi) is 8.86. The molecular formula is C29H33F2N3O5. The summed E-state index contributed by atoms with van der Waals surface area (Å²) in [6.45, 7) is 3.57. The lowest BCUT2D eigenvalue weighted by molar-refractivity contribution is 0.0620. The highest BCUT2D eigenvalue weighted by Crippen LogP contribution is 2.46. The van der Waals surface area contributed by atoms with Crippen molar-refractivity contribution in [2.24, 2.45) is 0 Å². The van der Waals surface area contributed by atoms with Gasteiger partial charge in [0.25, 0.3) is 5.91 Å². The molecule has 2 N–H and O–H groups in total. The summed E-state index contributed by atoms with van der Waals surface area (Å²) in [6, 6.07) is 9.28. The summed E-state index contributed by atoms with van der Waals surface area (Å²) < 4.78 is 38.7. The van der Waals surface area contributed by atoms with Crippen LogP contribution in [0.2, 0.25) is 0 Å². The SMILES string of the molecule is CCCCc1nc(O)c(C(=O)N2CCN(Cc3cccc(F)c3F)CC2)c(O)c1-c1cccc(OC)c1OC. The number of piperazine rings is 1. The Hall–Kier alpha value is -3.92. The van der Waals surface area contributed by atoms with Crippen molar-refractivity contribution in [2.75, 3.05) is 40.4 Å². The second-order valence-electron chi connectivity index (χ2n) is 9.41. The van der Waals surface area contributed by atoms with Gasteiger partial charge >= 0.3 is 0 Å². The summed E-state index contributed by atoms with van der Waals surface area (Å²) in [5.41, 5.74) is 1.19. The molecule has 1 aliphatic heterocycles. The average Bonchev–Trinajstić information content (AvgIpc) is 2.94. The third kappa shape index (κ3) is 5.75. The van der Waals surface area contributed by atoms with Crippen molar-refractivity contribution in [3.05, 3.63) is 64.9 Å². The molecule has 1 amide bonds. The Morgan fingerprint density at radius 1 is 1.03 bits per heavy atom. The largest absolute Gasteiger partial charge is 0.506 e. The quantitative estimate of drug-likeness (QED) is 0.404. The van der Waals surface area contributed by atoms with Crippen LogP contribution in [-0.4, -0.2) is 71.3 Å². The van der Waals surface area contributed by atoms with Crippen LogP contribution in [0.3, 0.4) is 0 Å². The van der Waals surface area contributed by atoms with Crippen molar-refractivity contribution in [3.63, 3.8) is 0 Å². The van der Waals surface area contributed by atoms with Crippen LogP contribution in [0, 0.1) is 11.6 Å². The van der Waals surface area contributed by atoms with E-state index in [9.17, 15) is 23.8 Å². The molecule has 0 unspecified atom stereocenters. The number of hydrogen-bond donors (Lipinski definition) is 2. The maximum Gasteiger partial charge on any atom is 0.263 e. The maximum atomic E-state index is 14.1. The number of carbonyl (C=O) groups is 1. The number of aromatic nitrogens is 1. The molecule has 4 rings (SSSR count). The highest BCUT2D eigenvalue weighted by molar-refractivity contribution is 6.02. The van der Waals surface area contributed by atoms with E-state index in [0.717, 1.165) is 18.9 Å². The van der Waals surface area contributed by atoms with E-state index in [1.807, 2.05) is 11.8 Å². The molecule has 208 valence electrons. The van der Waals surface area contributed by atoms with E-state index in [4.69, 9.17) is 9.47 Å². The van der Waals surface area contributed by atoms with Gasteiger partial charge in [-0.2, -0.15) is 0 Å². The van der Waals surface area contributed by atoms with Gasteiger partial charge in [-0.15, -0.1) is 0 Å². The number of aromatic hydroxyl groups is 2. The summed E-state index contributed by atoms with van der Waals surface area (Å²) in [6.07, 6.45) is 2.09. The zero-order chi connectivity index (χ0) is 28.1. The second-order valence-corrected chi connectivity index (χ2v) is 9.41. The lowest BCUT2D eigenvalue weighted by Gasteiger charge is -2.35. The molecule has 0 spiro atoms. The van der Waals surface area contributed by atoms with E-state index >= 15 is 0 Å². The highest BCUT2D eigenvalue weighted by atomic mass is 19.2. The fraction of sp³-hybridized carbons (Fsp3) is 0.379. The number of pyridine rings is 1. The molecule has 3 aromatic rings. The van der Waals surface area contributed by atoms with Crippen LogP contribution in [0.25, 0.3) is 11.1 Å². The molecule has 1 aromatic heterocycles. The van der Waals surface area contributed by atoms with Crippen LogP contribution in [0.15, 0.2) is 36.4 Å². The van der Waals surface area contributed by atoms with E-state index < -0.39 is 23.4 Å². The van der Waals surface area contributed by atoms with Gasteiger partial charge in [0.05, 0.1) is 25.5 Å². The summed E-state index contributed by atoms with van der Waals surface area (Å²) in [5, 5.41) is 22.3. The molecule has 10 heteroatoms. The smallest absolute Gasteiger partial charge is 0.263 e. The molecule has 0 bridgehead atoms. The van der Waals surface area contributed by atoms with Crippen LogP contribution in [0.1, 0.15) is 41.4 Å². The number of hydrogen-bond acceptors (Lipinski definition) is 7. The Morgan fingerprint density at radius 2 is 1.74 bits per heavy atom. The van der Waals surface area contributed by atoms with Gasteiger partial charge in [0, 0.05) is 43.9 Å². The number of nitrogens with zero attached hydrogens (tertiary/aromatic N) is 3. The average molecular weight is 542 g/mol. The predicted octanol–water partition coefficient (Wildman–Crippen LogP) is 4.76. The van der Waals surface area contributed by atoms with Crippen LogP contribution >= 0.6 is 0 Å². The van der Waals surface area contributed by atoms with Crippen LogP contribution in [0.4, 0.5) is 8.78 Å². The molecule has 0 aliphatic carbocycles. The van der Waals surface area contributed by atoms with Gasteiger partial charge in [-0.25, -0.2) is 13.8 Å². The number of carbonyl (C=O) groups excluding carboxylic acids is 1. The van der Waals surface area contributed by atoms with Crippen molar-refractivity contribution in [1.29, 1.82) is 0 Å². The minimum atomic E-state index is -0.898. The molecule has 0 saturated carbocycles. The van der Waals surface area contributed by atoms with E-state index in [-0.39, 0.29) is 36.5 Å². The summed E-state index contributed by atoms with van der Waals surface area (Å²) in [7, 11) is 2.99. The van der Waals surface area contributed by atoms with Crippen molar-refractivity contribution in [1.82, 2.24) is 14.8 Å². The topological polar surface area (TPSA) is 95.4 Å². The molecule has 1 fully saturated rings. The molecular weight excluding hydrogens is 508 g/mol. The molecule has 2 aromatic carbocycles. The van der Waals surface area contributed by atoms with E-state index in [1.54, 1.807) is 18.2 Å². The van der Waals surface area contributed by atoms with E-state index in [0.29, 0.717) is 47.8 Å². The van der Waals surface area contributed by atoms with Gasteiger partial charge in [-0.3, -0.25) is 9.69 Å². The highest BCUT2D eigenvalue weighted by Gasteiger charge is 2.31. The first-order valence-electron chi connectivity index (χ1n) is 12.9. The van der Waals surface area contributed by atoms with Crippen molar-refractivity contribution in [3.8, 4) is 34.3 Å². The fourth-order valence-electron chi connectivity index (χ4n) is 4.87. The van der Waals surface area contributed by atoms with Gasteiger partial charge in [0.2, 0.25) is 5.88 Å². The normalized spacial score (nSPS) is 13.9. The predicted molar refractivity (Wildman–Crippen MR) is 142 cm³/mol. The number of rotatable bonds is 9. The molecule has 2 heterocycles. The lowest BCUT2D eigenvalue weighted by Crippen LogP contribution is -2.48. The zero-order valence-corrected chi connectivity index (χ0v) is 22.3. The summed E-state index contributed by atoms with van der Waals surface area (Å²) in [5.74, 6) is -2.45. The Balaban J connectivity index is 1.64.